The van der Waals surface area contributed by atoms with Gasteiger partial charge in [-0.1, -0.05) is 0 Å². The maximum Gasteiger partial charge on any atom is 0.133 e. The predicted molar refractivity (Wildman–Crippen MR) is 69.3 cm³/mol. The van der Waals surface area contributed by atoms with E-state index in [4.69, 9.17) is 5.11 Å². The molecule has 2 aromatic rings. The second-order valence-electron chi connectivity index (χ2n) is 4.31. The zero-order chi connectivity index (χ0) is 12.8. The summed E-state index contributed by atoms with van der Waals surface area (Å²) in [6.07, 6.45) is 5.44. The molecule has 2 heterocycles. The molecule has 0 aliphatic rings. The average Bonchev–Trinajstić information content (AvgIpc) is 2.77. The first-order valence-electron chi connectivity index (χ1n) is 6.09. The number of nitrogens with zero attached hydrogens (tertiary/aromatic N) is 2. The van der Waals surface area contributed by atoms with Gasteiger partial charge in [-0.3, -0.25) is 10.1 Å². The van der Waals surface area contributed by atoms with Gasteiger partial charge >= 0.3 is 0 Å². The fraction of sp³-hybridized carbons (Fsp3) is 0.385. The Hall–Kier alpha value is -1.88. The highest BCUT2D eigenvalue weighted by Gasteiger charge is 2.00. The Morgan fingerprint density at radius 1 is 1.33 bits per heavy atom. The molecular weight excluding hydrogens is 228 g/mol. The number of aromatic hydroxyl groups is 1. The summed E-state index contributed by atoms with van der Waals surface area (Å²) in [5, 5.41) is 19.4. The van der Waals surface area contributed by atoms with Crippen molar-refractivity contribution in [3.8, 4) is 5.75 Å². The Labute approximate surface area is 106 Å². The number of hydrogen-bond acceptors (Lipinski definition) is 4. The SMILES string of the molecule is Cc1[nH]ncc1CCCNCc1ccc(O)cn1. The number of aromatic amines is 1. The first kappa shape index (κ1) is 12.6. The fourth-order valence-corrected chi connectivity index (χ4v) is 1.77. The molecule has 0 fully saturated rings. The number of aryl methyl sites for hydroxylation is 2. The van der Waals surface area contributed by atoms with Crippen LogP contribution in [0, 0.1) is 6.92 Å². The van der Waals surface area contributed by atoms with Gasteiger partial charge in [-0.15, -0.1) is 0 Å². The van der Waals surface area contributed by atoms with E-state index in [0.717, 1.165) is 37.3 Å². The standard InChI is InChI=1S/C13H18N4O/c1-10-11(7-16-17-10)3-2-6-14-8-12-4-5-13(18)9-15-12/h4-5,7,9,14,18H,2-3,6,8H2,1H3,(H,16,17). The van der Waals surface area contributed by atoms with Crippen LogP contribution in [0.5, 0.6) is 5.75 Å². The molecule has 0 saturated carbocycles. The third-order valence-electron chi connectivity index (χ3n) is 2.85. The Balaban J connectivity index is 1.64. The molecule has 0 saturated heterocycles. The third-order valence-corrected chi connectivity index (χ3v) is 2.85. The Morgan fingerprint density at radius 3 is 2.89 bits per heavy atom. The molecule has 96 valence electrons. The predicted octanol–water partition coefficient (Wildman–Crippen LogP) is 1.54. The molecule has 0 unspecified atom stereocenters. The van der Waals surface area contributed by atoms with Gasteiger partial charge in [-0.2, -0.15) is 5.10 Å². The highest BCUT2D eigenvalue weighted by atomic mass is 16.3. The lowest BCUT2D eigenvalue weighted by Gasteiger charge is -2.04. The van der Waals surface area contributed by atoms with Crippen molar-refractivity contribution in [2.75, 3.05) is 6.54 Å². The summed E-state index contributed by atoms with van der Waals surface area (Å²) in [5.74, 6) is 0.203. The number of rotatable bonds is 6. The summed E-state index contributed by atoms with van der Waals surface area (Å²) in [7, 11) is 0. The van der Waals surface area contributed by atoms with Crippen LogP contribution in [0.3, 0.4) is 0 Å². The number of aromatic nitrogens is 3. The van der Waals surface area contributed by atoms with Crippen molar-refractivity contribution in [3.63, 3.8) is 0 Å². The van der Waals surface area contributed by atoms with E-state index in [0.29, 0.717) is 0 Å². The highest BCUT2D eigenvalue weighted by molar-refractivity contribution is 5.17. The largest absolute Gasteiger partial charge is 0.506 e. The van der Waals surface area contributed by atoms with Gasteiger partial charge in [-0.05, 0) is 44.0 Å². The van der Waals surface area contributed by atoms with Crippen LogP contribution in [0.15, 0.2) is 24.5 Å². The van der Waals surface area contributed by atoms with Crippen molar-refractivity contribution in [3.05, 3.63) is 41.5 Å². The van der Waals surface area contributed by atoms with E-state index in [9.17, 15) is 0 Å². The Morgan fingerprint density at radius 2 is 2.22 bits per heavy atom. The monoisotopic (exact) mass is 246 g/mol. The van der Waals surface area contributed by atoms with Crippen LogP contribution in [-0.4, -0.2) is 26.8 Å². The highest BCUT2D eigenvalue weighted by Crippen LogP contribution is 2.06. The van der Waals surface area contributed by atoms with Crippen LogP contribution in [0.2, 0.25) is 0 Å². The molecule has 0 aromatic carbocycles. The number of H-pyrrole nitrogens is 1. The van der Waals surface area contributed by atoms with Crippen LogP contribution in [0.1, 0.15) is 23.4 Å². The van der Waals surface area contributed by atoms with E-state index >= 15 is 0 Å². The van der Waals surface area contributed by atoms with Crippen molar-refractivity contribution in [1.82, 2.24) is 20.5 Å². The van der Waals surface area contributed by atoms with Crippen LogP contribution in [-0.2, 0) is 13.0 Å². The summed E-state index contributed by atoms with van der Waals surface area (Å²) < 4.78 is 0. The summed E-state index contributed by atoms with van der Waals surface area (Å²) in [4.78, 5) is 4.11. The fourth-order valence-electron chi connectivity index (χ4n) is 1.77. The molecule has 2 rings (SSSR count). The van der Waals surface area contributed by atoms with Gasteiger partial charge in [0, 0.05) is 12.2 Å². The topological polar surface area (TPSA) is 73.8 Å². The molecule has 5 heteroatoms. The van der Waals surface area contributed by atoms with Crippen LogP contribution < -0.4 is 5.32 Å². The van der Waals surface area contributed by atoms with Gasteiger partial charge in [0.1, 0.15) is 5.75 Å². The number of hydrogen-bond donors (Lipinski definition) is 3. The van der Waals surface area contributed by atoms with Crippen molar-refractivity contribution < 1.29 is 5.11 Å². The third kappa shape index (κ3) is 3.56. The van der Waals surface area contributed by atoms with Crippen LogP contribution in [0.25, 0.3) is 0 Å². The van der Waals surface area contributed by atoms with Gasteiger partial charge in [-0.25, -0.2) is 0 Å². The molecule has 0 aliphatic carbocycles. The number of pyridine rings is 1. The summed E-state index contributed by atoms with van der Waals surface area (Å²) in [6.45, 7) is 3.70. The molecule has 0 aliphatic heterocycles. The smallest absolute Gasteiger partial charge is 0.133 e. The zero-order valence-electron chi connectivity index (χ0n) is 10.5. The lowest BCUT2D eigenvalue weighted by atomic mass is 10.1. The maximum atomic E-state index is 9.11. The zero-order valence-corrected chi connectivity index (χ0v) is 10.5. The molecule has 0 radical (unpaired) electrons. The van der Waals surface area contributed by atoms with Gasteiger partial charge in [0.25, 0.3) is 0 Å². The average molecular weight is 246 g/mol. The second kappa shape index (κ2) is 6.16. The first-order chi connectivity index (χ1) is 8.75. The molecule has 2 aromatic heterocycles. The van der Waals surface area contributed by atoms with Gasteiger partial charge in [0.05, 0.1) is 18.1 Å². The van der Waals surface area contributed by atoms with E-state index in [2.05, 4.69) is 20.5 Å². The molecule has 5 nitrogen and oxygen atoms in total. The van der Waals surface area contributed by atoms with Gasteiger partial charge in [0.15, 0.2) is 0 Å². The van der Waals surface area contributed by atoms with Crippen molar-refractivity contribution in [2.24, 2.45) is 0 Å². The molecule has 3 N–H and O–H groups in total. The minimum atomic E-state index is 0.203. The summed E-state index contributed by atoms with van der Waals surface area (Å²) in [5.41, 5.74) is 3.36. The summed E-state index contributed by atoms with van der Waals surface area (Å²) in [6, 6.07) is 3.47. The van der Waals surface area contributed by atoms with Gasteiger partial charge in [0.2, 0.25) is 0 Å². The number of nitrogens with one attached hydrogen (secondary N) is 2. The minimum absolute atomic E-state index is 0.203. The second-order valence-corrected chi connectivity index (χ2v) is 4.31. The van der Waals surface area contributed by atoms with Crippen molar-refractivity contribution in [1.29, 1.82) is 0 Å². The Kier molecular flexibility index (Phi) is 4.30. The summed E-state index contributed by atoms with van der Waals surface area (Å²) >= 11 is 0. The molecule has 0 amide bonds. The van der Waals surface area contributed by atoms with E-state index in [1.807, 2.05) is 19.2 Å². The molecular formula is C13H18N4O. The molecule has 0 bridgehead atoms. The van der Waals surface area contributed by atoms with Crippen LogP contribution in [0.4, 0.5) is 0 Å². The van der Waals surface area contributed by atoms with E-state index in [1.165, 1.54) is 11.8 Å². The maximum absolute atomic E-state index is 9.11. The molecule has 0 atom stereocenters. The van der Waals surface area contributed by atoms with Crippen molar-refractivity contribution >= 4 is 0 Å². The molecule has 0 spiro atoms. The van der Waals surface area contributed by atoms with Crippen molar-refractivity contribution in [2.45, 2.75) is 26.3 Å². The lowest BCUT2D eigenvalue weighted by Crippen LogP contribution is -2.16. The van der Waals surface area contributed by atoms with E-state index < -0.39 is 0 Å². The minimum Gasteiger partial charge on any atom is -0.506 e. The van der Waals surface area contributed by atoms with Crippen LogP contribution >= 0.6 is 0 Å². The normalized spacial score (nSPS) is 10.7. The quantitative estimate of drug-likeness (QED) is 0.676. The molecule has 18 heavy (non-hydrogen) atoms. The van der Waals surface area contributed by atoms with Gasteiger partial charge < -0.3 is 10.4 Å². The lowest BCUT2D eigenvalue weighted by molar-refractivity contribution is 0.471. The Bertz CT molecular complexity index is 478. The van der Waals surface area contributed by atoms with E-state index in [-0.39, 0.29) is 5.75 Å². The first-order valence-corrected chi connectivity index (χ1v) is 6.09. The van der Waals surface area contributed by atoms with E-state index in [1.54, 1.807) is 6.07 Å².